The molecule has 0 aromatic heterocycles. The topological polar surface area (TPSA) is 61.4 Å². The van der Waals surface area contributed by atoms with E-state index in [1.807, 2.05) is 42.5 Å². The van der Waals surface area contributed by atoms with Crippen molar-refractivity contribution in [2.75, 3.05) is 19.6 Å². The van der Waals surface area contributed by atoms with Crippen LogP contribution in [-0.2, 0) is 17.8 Å². The van der Waals surface area contributed by atoms with Gasteiger partial charge in [0.1, 0.15) is 0 Å². The predicted molar refractivity (Wildman–Crippen MR) is 127 cm³/mol. The molecule has 0 radical (unpaired) electrons. The molecule has 0 fully saturated rings. The zero-order valence-electron chi connectivity index (χ0n) is 18.4. The Balaban J connectivity index is 1.21. The Morgan fingerprint density at radius 3 is 2.25 bits per heavy atom. The second-order valence-corrected chi connectivity index (χ2v) is 8.27. The first kappa shape index (κ1) is 21.8. The largest absolute Gasteiger partial charge is 0.353 e. The number of rotatable bonds is 7. The first-order valence-electron chi connectivity index (χ1n) is 11.1. The van der Waals surface area contributed by atoms with Crippen LogP contribution in [0.3, 0.4) is 0 Å². The van der Waals surface area contributed by atoms with Crippen LogP contribution in [0.5, 0.6) is 0 Å². The highest BCUT2D eigenvalue weighted by Gasteiger charge is 2.20. The second-order valence-electron chi connectivity index (χ2n) is 8.27. The quantitative estimate of drug-likeness (QED) is 0.605. The lowest BCUT2D eigenvalue weighted by molar-refractivity contribution is -0.120. The average Bonchev–Trinajstić information content (AvgIpc) is 2.86. The molecule has 0 aliphatic carbocycles. The lowest BCUT2D eigenvalue weighted by atomic mass is 9.99. The van der Waals surface area contributed by atoms with Gasteiger partial charge < -0.3 is 10.6 Å². The van der Waals surface area contributed by atoms with E-state index in [-0.39, 0.29) is 24.4 Å². The van der Waals surface area contributed by atoms with Crippen LogP contribution in [0, 0.1) is 0 Å². The minimum atomic E-state index is -0.250. The maximum atomic E-state index is 12.4. The standard InChI is InChI=1S/C27H29N3O2/c1-20(30-16-15-22-9-5-6-10-25(22)19-30)17-28-26(31)18-29-27(32)24-13-11-23(12-14-24)21-7-3-2-4-8-21/h2-14,20H,15-19H2,1H3,(H,28,31)(H,29,32). The van der Waals surface area contributed by atoms with E-state index < -0.39 is 0 Å². The van der Waals surface area contributed by atoms with E-state index in [1.54, 1.807) is 12.1 Å². The van der Waals surface area contributed by atoms with Crippen LogP contribution in [-0.4, -0.2) is 42.4 Å². The van der Waals surface area contributed by atoms with Crippen LogP contribution in [0.15, 0.2) is 78.9 Å². The van der Waals surface area contributed by atoms with Crippen molar-refractivity contribution in [3.8, 4) is 11.1 Å². The summed E-state index contributed by atoms with van der Waals surface area (Å²) in [6.07, 6.45) is 1.04. The van der Waals surface area contributed by atoms with Gasteiger partial charge in [0, 0.05) is 31.2 Å². The van der Waals surface area contributed by atoms with Gasteiger partial charge in [0.15, 0.2) is 0 Å². The van der Waals surface area contributed by atoms with Crippen LogP contribution in [0.2, 0.25) is 0 Å². The van der Waals surface area contributed by atoms with Crippen LogP contribution >= 0.6 is 0 Å². The Kier molecular flexibility index (Phi) is 6.97. The van der Waals surface area contributed by atoms with Gasteiger partial charge >= 0.3 is 0 Å². The molecule has 2 N–H and O–H groups in total. The van der Waals surface area contributed by atoms with Crippen molar-refractivity contribution in [1.29, 1.82) is 0 Å². The molecule has 0 bridgehead atoms. The molecular weight excluding hydrogens is 398 g/mol. The molecule has 0 spiro atoms. The minimum Gasteiger partial charge on any atom is -0.353 e. The fraction of sp³-hybridized carbons (Fsp3) is 0.259. The molecule has 32 heavy (non-hydrogen) atoms. The normalized spacial score (nSPS) is 14.3. The van der Waals surface area contributed by atoms with Gasteiger partial charge in [-0.1, -0.05) is 66.7 Å². The zero-order chi connectivity index (χ0) is 22.3. The molecule has 5 heteroatoms. The lowest BCUT2D eigenvalue weighted by Gasteiger charge is -2.33. The third kappa shape index (κ3) is 5.42. The molecule has 2 amide bonds. The Morgan fingerprint density at radius 1 is 0.844 bits per heavy atom. The minimum absolute atomic E-state index is 0.0329. The predicted octanol–water partition coefficient (Wildman–Crippen LogP) is 3.65. The number of carbonyl (C=O) groups is 2. The average molecular weight is 428 g/mol. The van der Waals surface area contributed by atoms with Gasteiger partial charge in [-0.05, 0) is 47.7 Å². The van der Waals surface area contributed by atoms with Gasteiger partial charge in [-0.3, -0.25) is 14.5 Å². The molecule has 164 valence electrons. The van der Waals surface area contributed by atoms with Crippen LogP contribution in [0.4, 0.5) is 0 Å². The molecule has 0 saturated carbocycles. The molecule has 5 nitrogen and oxygen atoms in total. The van der Waals surface area contributed by atoms with Crippen molar-refractivity contribution in [2.24, 2.45) is 0 Å². The summed E-state index contributed by atoms with van der Waals surface area (Å²) in [5.41, 5.74) is 5.47. The molecule has 1 aliphatic heterocycles. The number of nitrogens with zero attached hydrogens (tertiary/aromatic N) is 1. The number of hydrogen-bond donors (Lipinski definition) is 2. The zero-order valence-corrected chi connectivity index (χ0v) is 18.4. The summed E-state index contributed by atoms with van der Waals surface area (Å²) in [4.78, 5) is 27.0. The monoisotopic (exact) mass is 427 g/mol. The molecule has 0 saturated heterocycles. The highest BCUT2D eigenvalue weighted by molar-refractivity contribution is 5.96. The summed E-state index contributed by atoms with van der Waals surface area (Å²) in [5, 5.41) is 5.66. The molecule has 1 aliphatic rings. The summed E-state index contributed by atoms with van der Waals surface area (Å²) >= 11 is 0. The summed E-state index contributed by atoms with van der Waals surface area (Å²) in [6, 6.07) is 26.2. The van der Waals surface area contributed by atoms with Gasteiger partial charge in [-0.25, -0.2) is 0 Å². The third-order valence-electron chi connectivity index (χ3n) is 6.04. The number of nitrogens with one attached hydrogen (secondary N) is 2. The molecule has 3 aromatic rings. The number of amides is 2. The molecular formula is C27H29N3O2. The number of benzene rings is 3. The number of hydrogen-bond acceptors (Lipinski definition) is 3. The van der Waals surface area contributed by atoms with Crippen LogP contribution in [0.1, 0.15) is 28.4 Å². The number of carbonyl (C=O) groups excluding carboxylic acids is 2. The summed E-state index contributed by atoms with van der Waals surface area (Å²) in [6.45, 7) is 4.55. The SMILES string of the molecule is CC(CNC(=O)CNC(=O)c1ccc(-c2ccccc2)cc1)N1CCc2ccccc2C1. The van der Waals surface area contributed by atoms with E-state index in [2.05, 4.69) is 46.7 Å². The van der Waals surface area contributed by atoms with E-state index in [9.17, 15) is 9.59 Å². The third-order valence-corrected chi connectivity index (χ3v) is 6.04. The summed E-state index contributed by atoms with van der Waals surface area (Å²) < 4.78 is 0. The Labute approximate surface area is 189 Å². The van der Waals surface area contributed by atoms with Gasteiger partial charge in [0.05, 0.1) is 6.54 Å². The Hall–Kier alpha value is -3.44. The van der Waals surface area contributed by atoms with E-state index in [1.165, 1.54) is 11.1 Å². The van der Waals surface area contributed by atoms with Crippen molar-refractivity contribution >= 4 is 11.8 Å². The first-order valence-corrected chi connectivity index (χ1v) is 11.1. The lowest BCUT2D eigenvalue weighted by Crippen LogP contribution is -2.46. The van der Waals surface area contributed by atoms with Gasteiger partial charge in [-0.2, -0.15) is 0 Å². The molecule has 3 aromatic carbocycles. The van der Waals surface area contributed by atoms with Gasteiger partial charge in [-0.15, -0.1) is 0 Å². The maximum absolute atomic E-state index is 12.4. The molecule has 1 unspecified atom stereocenters. The van der Waals surface area contributed by atoms with Crippen molar-refractivity contribution < 1.29 is 9.59 Å². The summed E-state index contributed by atoms with van der Waals surface area (Å²) in [7, 11) is 0. The number of fused-ring (bicyclic) bond motifs is 1. The van der Waals surface area contributed by atoms with Gasteiger partial charge in [0.25, 0.3) is 5.91 Å². The van der Waals surface area contributed by atoms with E-state index in [4.69, 9.17) is 0 Å². The highest BCUT2D eigenvalue weighted by atomic mass is 16.2. The van der Waals surface area contributed by atoms with E-state index in [0.29, 0.717) is 12.1 Å². The summed E-state index contributed by atoms with van der Waals surface area (Å²) in [5.74, 6) is -0.427. The van der Waals surface area contributed by atoms with Gasteiger partial charge in [0.2, 0.25) is 5.91 Å². The molecule has 1 atom stereocenters. The smallest absolute Gasteiger partial charge is 0.251 e. The van der Waals surface area contributed by atoms with E-state index >= 15 is 0 Å². The molecule has 1 heterocycles. The highest BCUT2D eigenvalue weighted by Crippen LogP contribution is 2.20. The van der Waals surface area contributed by atoms with Crippen molar-refractivity contribution in [1.82, 2.24) is 15.5 Å². The van der Waals surface area contributed by atoms with Crippen LogP contribution < -0.4 is 10.6 Å². The van der Waals surface area contributed by atoms with Crippen molar-refractivity contribution in [2.45, 2.75) is 25.9 Å². The van der Waals surface area contributed by atoms with Crippen molar-refractivity contribution in [3.63, 3.8) is 0 Å². The molecule has 4 rings (SSSR count). The fourth-order valence-corrected chi connectivity index (χ4v) is 4.05. The fourth-order valence-electron chi connectivity index (χ4n) is 4.05. The van der Waals surface area contributed by atoms with Crippen molar-refractivity contribution in [3.05, 3.63) is 95.6 Å². The van der Waals surface area contributed by atoms with E-state index in [0.717, 1.165) is 30.6 Å². The van der Waals surface area contributed by atoms with Crippen LogP contribution in [0.25, 0.3) is 11.1 Å². The second kappa shape index (κ2) is 10.2. The Morgan fingerprint density at radius 2 is 1.50 bits per heavy atom. The Bertz CT molecular complexity index is 1060. The maximum Gasteiger partial charge on any atom is 0.251 e. The first-order chi connectivity index (χ1) is 15.6.